The van der Waals surface area contributed by atoms with Gasteiger partial charge < -0.3 is 32.2 Å². The third kappa shape index (κ3) is 22.5. The van der Waals surface area contributed by atoms with E-state index in [0.29, 0.717) is 5.92 Å². The molecule has 1 unspecified atom stereocenters. The molecule has 0 aliphatic rings. The molecule has 0 spiro atoms. The summed E-state index contributed by atoms with van der Waals surface area (Å²) in [7, 11) is 2.31. The molecule has 0 aromatic rings. The first kappa shape index (κ1) is 40.3. The summed E-state index contributed by atoms with van der Waals surface area (Å²) >= 11 is 1.87. The largest absolute Gasteiger partial charge is 0.500 e. The molecule has 244 valence electrons. The smallest absolute Gasteiger partial charge is 0.463 e. The fourth-order valence-corrected chi connectivity index (χ4v) is 6.59. The van der Waals surface area contributed by atoms with Crippen molar-refractivity contribution in [3.63, 3.8) is 0 Å². The van der Waals surface area contributed by atoms with Gasteiger partial charge >= 0.3 is 32.7 Å². The van der Waals surface area contributed by atoms with Gasteiger partial charge in [-0.1, -0.05) is 24.3 Å². The second-order valence-corrected chi connectivity index (χ2v) is 13.2. The first-order chi connectivity index (χ1) is 20.7. The van der Waals surface area contributed by atoms with Crippen molar-refractivity contribution in [2.24, 2.45) is 5.92 Å². The molecule has 0 fully saturated rings. The van der Waals surface area contributed by atoms with Crippen LogP contribution in [0.25, 0.3) is 0 Å². The molecule has 0 bridgehead atoms. The van der Waals surface area contributed by atoms with Crippen molar-refractivity contribution in [1.29, 1.82) is 0 Å². The minimum atomic E-state index is -2.55. The normalized spacial score (nSPS) is 12.8. The van der Waals surface area contributed by atoms with Gasteiger partial charge in [0.25, 0.3) is 0 Å². The fourth-order valence-electron chi connectivity index (χ4n) is 3.56. The first-order valence-electron chi connectivity index (χ1n) is 14.3. The van der Waals surface area contributed by atoms with Crippen LogP contribution >= 0.6 is 11.8 Å². The highest BCUT2D eigenvalue weighted by atomic mass is 32.2. The van der Waals surface area contributed by atoms with Crippen molar-refractivity contribution in [3.05, 3.63) is 48.6 Å². The highest BCUT2D eigenvalue weighted by Crippen LogP contribution is 2.22. The zero-order valence-corrected chi connectivity index (χ0v) is 27.9. The van der Waals surface area contributed by atoms with E-state index in [4.69, 9.17) is 32.2 Å². The Balaban J connectivity index is 4.67. The van der Waals surface area contributed by atoms with Crippen molar-refractivity contribution in [2.45, 2.75) is 52.0 Å². The van der Waals surface area contributed by atoms with Crippen LogP contribution in [-0.2, 0) is 51.4 Å². The second-order valence-electron chi connectivity index (χ2n) is 8.85. The van der Waals surface area contributed by atoms with E-state index in [1.807, 2.05) is 23.9 Å². The molecule has 0 N–H and O–H groups in total. The van der Waals surface area contributed by atoms with Crippen molar-refractivity contribution in [2.75, 3.05) is 59.3 Å². The maximum Gasteiger partial charge on any atom is 0.500 e. The summed E-state index contributed by atoms with van der Waals surface area (Å²) in [6, 6.07) is 0.761. The Morgan fingerprint density at radius 3 is 1.63 bits per heavy atom. The Hall–Kier alpha value is -2.71. The molecule has 0 radical (unpaired) electrons. The lowest BCUT2D eigenvalue weighted by molar-refractivity contribution is -0.139. The number of allylic oxidation sites excluding steroid dienone is 2. The minimum Gasteiger partial charge on any atom is -0.463 e. The van der Waals surface area contributed by atoms with E-state index in [9.17, 15) is 19.2 Å². The van der Waals surface area contributed by atoms with Crippen LogP contribution in [0.1, 0.15) is 46.0 Å². The second kappa shape index (κ2) is 26.9. The van der Waals surface area contributed by atoms with Gasteiger partial charge in [-0.15, -0.1) is 0 Å². The lowest BCUT2D eigenvalue weighted by atomic mass is 9.96. The van der Waals surface area contributed by atoms with Crippen LogP contribution < -0.4 is 0 Å². The van der Waals surface area contributed by atoms with Crippen LogP contribution in [0.3, 0.4) is 0 Å². The highest BCUT2D eigenvalue weighted by molar-refractivity contribution is 7.99. The molecular weight excluding hydrogens is 596 g/mol. The van der Waals surface area contributed by atoms with E-state index in [-0.39, 0.29) is 26.4 Å². The molecule has 1 atom stereocenters. The van der Waals surface area contributed by atoms with E-state index in [1.165, 1.54) is 0 Å². The van der Waals surface area contributed by atoms with Gasteiger partial charge in [-0.25, -0.2) is 19.2 Å². The predicted molar refractivity (Wildman–Crippen MR) is 167 cm³/mol. The predicted octanol–water partition coefficient (Wildman–Crippen LogP) is 4.60. The number of esters is 4. The van der Waals surface area contributed by atoms with Gasteiger partial charge in [-0.05, 0) is 63.4 Å². The van der Waals surface area contributed by atoms with Gasteiger partial charge in [0.05, 0.1) is 13.2 Å². The molecule has 0 rings (SSSR count). The fraction of sp³-hybridized carbons (Fsp3) is 0.600. The molecule has 0 saturated heterocycles. The van der Waals surface area contributed by atoms with E-state index >= 15 is 0 Å². The summed E-state index contributed by atoms with van der Waals surface area (Å²) in [4.78, 5) is 45.9. The van der Waals surface area contributed by atoms with Crippen LogP contribution in [0, 0.1) is 5.92 Å². The van der Waals surface area contributed by atoms with Crippen molar-refractivity contribution in [3.8, 4) is 0 Å². The van der Waals surface area contributed by atoms with Gasteiger partial charge in [0.15, 0.2) is 0 Å². The molecule has 0 aromatic heterocycles. The number of hydrogen-bond donors (Lipinski definition) is 0. The van der Waals surface area contributed by atoms with Crippen LogP contribution in [0.5, 0.6) is 0 Å². The quantitative estimate of drug-likeness (QED) is 0.0343. The number of carbonyl (C=O) groups is 4. The van der Waals surface area contributed by atoms with E-state index < -0.39 is 32.7 Å². The number of ether oxygens (including phenoxy) is 4. The molecule has 0 heterocycles. The molecule has 0 saturated carbocycles. The molecule has 0 amide bonds. The molecule has 0 aromatic carbocycles. The van der Waals surface area contributed by atoms with E-state index in [1.54, 1.807) is 47.3 Å². The standard InChI is InChI=1S/C30H48O11SSi/c1-6-38-27(31)16-18-29(33)40-21-11-8-9-14-26(20-24-42-23-13-25-43(35-3,36-4)37-5)15-10-12-22-41-30(34)19-17-28(32)39-7-2/h8,10-12,16-19,26H,6-7,9,13-15,20-25H2,1-5H3. The summed E-state index contributed by atoms with van der Waals surface area (Å²) in [6.45, 7) is 4.05. The highest BCUT2D eigenvalue weighted by Gasteiger charge is 2.36. The monoisotopic (exact) mass is 644 g/mol. The number of rotatable bonds is 25. The van der Waals surface area contributed by atoms with Crippen molar-refractivity contribution >= 4 is 44.4 Å². The average molecular weight is 645 g/mol. The summed E-state index contributed by atoms with van der Waals surface area (Å²) in [5, 5.41) is 0. The zero-order valence-electron chi connectivity index (χ0n) is 26.1. The molecule has 0 aliphatic heterocycles. The summed E-state index contributed by atoms with van der Waals surface area (Å²) in [5.74, 6) is -0.0569. The Bertz CT molecular complexity index is 906. The molecular formula is C30H48O11SSi. The van der Waals surface area contributed by atoms with Crippen LogP contribution in [-0.4, -0.2) is 91.9 Å². The minimum absolute atomic E-state index is 0.105. The first-order valence-corrected chi connectivity index (χ1v) is 17.4. The van der Waals surface area contributed by atoms with Gasteiger partial charge in [0, 0.05) is 51.7 Å². The Morgan fingerprint density at radius 1 is 0.651 bits per heavy atom. The van der Waals surface area contributed by atoms with Crippen LogP contribution in [0.15, 0.2) is 48.6 Å². The molecule has 0 aliphatic carbocycles. The molecule has 43 heavy (non-hydrogen) atoms. The lowest BCUT2D eigenvalue weighted by Crippen LogP contribution is -2.42. The van der Waals surface area contributed by atoms with Gasteiger partial charge in [-0.2, -0.15) is 11.8 Å². The Morgan fingerprint density at radius 2 is 1.14 bits per heavy atom. The van der Waals surface area contributed by atoms with Crippen molar-refractivity contribution < 1.29 is 51.4 Å². The topological polar surface area (TPSA) is 133 Å². The Labute approximate surface area is 261 Å². The van der Waals surface area contributed by atoms with Gasteiger partial charge in [0.2, 0.25) is 0 Å². The third-order valence-corrected chi connectivity index (χ3v) is 9.78. The maximum atomic E-state index is 11.7. The SMILES string of the molecule is CCOC(=O)C=CC(=O)OCC=CCCC(CC=CCOC(=O)C=CC(=O)OCC)CCSCCC[Si](OC)(OC)OC. The van der Waals surface area contributed by atoms with Crippen molar-refractivity contribution in [1.82, 2.24) is 0 Å². The molecule has 11 nitrogen and oxygen atoms in total. The average Bonchev–Trinajstić information content (AvgIpc) is 3.00. The maximum absolute atomic E-state index is 11.7. The molecule has 13 heteroatoms. The van der Waals surface area contributed by atoms with Gasteiger partial charge in [-0.3, -0.25) is 0 Å². The van der Waals surface area contributed by atoms with E-state index in [0.717, 1.165) is 74.0 Å². The summed E-state index contributed by atoms with van der Waals surface area (Å²) in [6.07, 6.45) is 16.2. The van der Waals surface area contributed by atoms with Crippen LogP contribution in [0.4, 0.5) is 0 Å². The Kier molecular flexibility index (Phi) is 25.2. The lowest BCUT2D eigenvalue weighted by Gasteiger charge is -2.24. The number of thioether (sulfide) groups is 1. The summed E-state index contributed by atoms with van der Waals surface area (Å²) in [5.41, 5.74) is 0. The summed E-state index contributed by atoms with van der Waals surface area (Å²) < 4.78 is 36.0. The van der Waals surface area contributed by atoms with E-state index in [2.05, 4.69) is 0 Å². The number of hydrogen-bond acceptors (Lipinski definition) is 12. The third-order valence-electron chi connectivity index (χ3n) is 5.85. The number of carbonyl (C=O) groups excluding carboxylic acids is 4. The van der Waals surface area contributed by atoms with Gasteiger partial charge in [0.1, 0.15) is 13.2 Å². The zero-order chi connectivity index (χ0) is 32.2. The van der Waals surface area contributed by atoms with Crippen LogP contribution in [0.2, 0.25) is 6.04 Å².